The van der Waals surface area contributed by atoms with Crippen LogP contribution in [0.5, 0.6) is 5.75 Å². The van der Waals surface area contributed by atoms with Gasteiger partial charge in [-0.2, -0.15) is 0 Å². The van der Waals surface area contributed by atoms with E-state index in [1.165, 1.54) is 25.0 Å². The number of pyridine rings is 1. The molecule has 0 aliphatic carbocycles. The number of benzene rings is 2. The van der Waals surface area contributed by atoms with Crippen molar-refractivity contribution in [3.63, 3.8) is 0 Å². The normalized spacial score (nSPS) is 26.8. The van der Waals surface area contributed by atoms with Gasteiger partial charge < -0.3 is 10.2 Å². The molecule has 3 aromatic rings. The number of nitrogens with zero attached hydrogens (tertiary/aromatic N) is 2. The Hall–Kier alpha value is -2.50. The molecule has 0 saturated carbocycles. The van der Waals surface area contributed by atoms with Gasteiger partial charge in [-0.15, -0.1) is 0 Å². The van der Waals surface area contributed by atoms with Crippen LogP contribution in [0.4, 0.5) is 4.39 Å². The van der Waals surface area contributed by atoms with E-state index < -0.39 is 6.10 Å². The molecule has 1 unspecified atom stereocenters. The summed E-state index contributed by atoms with van der Waals surface area (Å²) >= 11 is 0. The van der Waals surface area contributed by atoms with Crippen molar-refractivity contribution in [2.24, 2.45) is 11.8 Å². The number of rotatable bonds is 4. The van der Waals surface area contributed by atoms with Crippen molar-refractivity contribution in [2.75, 3.05) is 13.1 Å². The Balaban J connectivity index is 1.58. The number of phenols is 1. The van der Waals surface area contributed by atoms with Gasteiger partial charge in [-0.3, -0.25) is 4.90 Å². The Morgan fingerprint density at radius 1 is 1.17 bits per heavy atom. The Labute approximate surface area is 176 Å². The Morgan fingerprint density at radius 3 is 2.67 bits per heavy atom. The van der Waals surface area contributed by atoms with Gasteiger partial charge in [-0.25, -0.2) is 9.37 Å². The summed E-state index contributed by atoms with van der Waals surface area (Å²) in [6, 6.07) is 13.3. The summed E-state index contributed by atoms with van der Waals surface area (Å²) in [5, 5.41) is 22.4. The van der Waals surface area contributed by atoms with E-state index in [0.717, 1.165) is 41.9 Å². The third kappa shape index (κ3) is 3.36. The molecule has 3 saturated heterocycles. The highest BCUT2D eigenvalue weighted by atomic mass is 19.1. The van der Waals surface area contributed by atoms with Gasteiger partial charge in [-0.05, 0) is 85.3 Å². The number of hydrogen-bond acceptors (Lipinski definition) is 4. The van der Waals surface area contributed by atoms with Gasteiger partial charge in [0.1, 0.15) is 11.6 Å². The summed E-state index contributed by atoms with van der Waals surface area (Å²) in [5.74, 6) is 1.25. The van der Waals surface area contributed by atoms with Gasteiger partial charge >= 0.3 is 0 Å². The Morgan fingerprint density at radius 2 is 1.97 bits per heavy atom. The summed E-state index contributed by atoms with van der Waals surface area (Å²) in [4.78, 5) is 7.16. The molecule has 3 aliphatic rings. The minimum absolute atomic E-state index is 0.0700. The number of phenolic OH excluding ortho intramolecular Hbond substituents is 1. The maximum atomic E-state index is 13.4. The van der Waals surface area contributed by atoms with Crippen molar-refractivity contribution in [3.05, 3.63) is 59.9 Å². The van der Waals surface area contributed by atoms with Gasteiger partial charge in [0, 0.05) is 23.5 Å². The van der Waals surface area contributed by atoms with E-state index >= 15 is 0 Å². The third-order valence-electron chi connectivity index (χ3n) is 7.11. The van der Waals surface area contributed by atoms with E-state index in [2.05, 4.69) is 11.8 Å². The van der Waals surface area contributed by atoms with E-state index in [-0.39, 0.29) is 17.6 Å². The number of piperidine rings is 3. The molecule has 2 bridgehead atoms. The maximum Gasteiger partial charge on any atom is 0.123 e. The summed E-state index contributed by atoms with van der Waals surface area (Å²) in [5.41, 5.74) is 2.99. The molecule has 0 amide bonds. The number of halogens is 1. The first kappa shape index (κ1) is 19.5. The van der Waals surface area contributed by atoms with Crippen LogP contribution >= 0.6 is 0 Å². The van der Waals surface area contributed by atoms with E-state index in [9.17, 15) is 14.6 Å². The van der Waals surface area contributed by atoms with Gasteiger partial charge in [0.2, 0.25) is 0 Å². The molecule has 4 heterocycles. The van der Waals surface area contributed by atoms with Crippen LogP contribution in [0.3, 0.4) is 0 Å². The van der Waals surface area contributed by atoms with Crippen LogP contribution in [-0.4, -0.2) is 39.2 Å². The summed E-state index contributed by atoms with van der Waals surface area (Å²) in [6.45, 7) is 4.33. The number of hydrogen-bond donors (Lipinski definition) is 2. The van der Waals surface area contributed by atoms with Crippen LogP contribution < -0.4 is 0 Å². The second kappa shape index (κ2) is 7.64. The molecule has 5 atom stereocenters. The Kier molecular flexibility index (Phi) is 4.95. The molecular formula is C25H27FN2O2. The lowest BCUT2D eigenvalue weighted by molar-refractivity contribution is -0.0562. The molecule has 156 valence electrons. The molecule has 3 fully saturated rings. The van der Waals surface area contributed by atoms with Crippen molar-refractivity contribution >= 4 is 10.9 Å². The highest BCUT2D eigenvalue weighted by molar-refractivity contribution is 5.86. The minimum Gasteiger partial charge on any atom is -0.508 e. The van der Waals surface area contributed by atoms with Crippen molar-refractivity contribution in [2.45, 2.75) is 38.3 Å². The average Bonchev–Trinajstić information content (AvgIpc) is 2.78. The molecule has 6 rings (SSSR count). The predicted molar refractivity (Wildman–Crippen MR) is 116 cm³/mol. The Bertz CT molecular complexity index is 1070. The monoisotopic (exact) mass is 406 g/mol. The quantitative estimate of drug-likeness (QED) is 0.647. The van der Waals surface area contributed by atoms with Crippen LogP contribution in [0.2, 0.25) is 0 Å². The van der Waals surface area contributed by atoms with E-state index in [1.54, 1.807) is 30.3 Å². The summed E-state index contributed by atoms with van der Waals surface area (Å²) in [6.07, 6.45) is 2.72. The average molecular weight is 407 g/mol. The molecule has 3 aliphatic heterocycles. The zero-order valence-electron chi connectivity index (χ0n) is 17.1. The summed E-state index contributed by atoms with van der Waals surface area (Å²) < 4.78 is 13.4. The van der Waals surface area contributed by atoms with Crippen molar-refractivity contribution in [1.82, 2.24) is 9.88 Å². The lowest BCUT2D eigenvalue weighted by atomic mass is 9.72. The molecule has 0 spiro atoms. The van der Waals surface area contributed by atoms with E-state index in [1.807, 2.05) is 6.07 Å². The molecular weight excluding hydrogens is 379 g/mol. The largest absolute Gasteiger partial charge is 0.508 e. The van der Waals surface area contributed by atoms with Gasteiger partial charge in [0.05, 0.1) is 17.3 Å². The van der Waals surface area contributed by atoms with Crippen LogP contribution in [0, 0.1) is 17.7 Å². The lowest BCUT2D eigenvalue weighted by Crippen LogP contribution is -2.55. The SMILES string of the molecule is CC[C@H]1CN2CC[C@H]1C[C@H]2[C@H](O)c1cc(-c2ccc(F)cc2)nc2ccc(O)cc12. The third-order valence-corrected chi connectivity index (χ3v) is 7.11. The number of aromatic hydroxyl groups is 1. The fourth-order valence-corrected chi connectivity index (χ4v) is 5.43. The molecule has 1 aromatic heterocycles. The maximum absolute atomic E-state index is 13.4. The second-order valence-corrected chi connectivity index (χ2v) is 8.76. The first-order valence-corrected chi connectivity index (χ1v) is 10.8. The van der Waals surface area contributed by atoms with Gasteiger partial charge in [-0.1, -0.05) is 13.3 Å². The fourth-order valence-electron chi connectivity index (χ4n) is 5.43. The zero-order valence-corrected chi connectivity index (χ0v) is 17.1. The van der Waals surface area contributed by atoms with Crippen molar-refractivity contribution < 1.29 is 14.6 Å². The van der Waals surface area contributed by atoms with Crippen LogP contribution in [-0.2, 0) is 0 Å². The second-order valence-electron chi connectivity index (χ2n) is 8.76. The molecule has 0 radical (unpaired) electrons. The zero-order chi connectivity index (χ0) is 20.8. The lowest BCUT2D eigenvalue weighted by Gasteiger charge is -2.51. The highest BCUT2D eigenvalue weighted by Crippen LogP contribution is 2.43. The predicted octanol–water partition coefficient (Wildman–Crippen LogP) is 4.90. The minimum atomic E-state index is -0.669. The highest BCUT2D eigenvalue weighted by Gasteiger charge is 2.42. The first-order chi connectivity index (χ1) is 14.5. The standard InChI is InChI=1S/C25H27FN2O2/c1-2-15-14-28-10-9-17(15)11-24(28)25(30)21-13-23(16-3-5-18(26)6-4-16)27-22-8-7-19(29)12-20(21)22/h3-8,12-13,15,17,24-25,29-30H,2,9-11,14H2,1H3/t15-,17-,24-,25+/m0/s1. The number of aliphatic hydroxyl groups excluding tert-OH is 1. The fraction of sp³-hybridized carbons (Fsp3) is 0.400. The summed E-state index contributed by atoms with van der Waals surface area (Å²) in [7, 11) is 0. The number of fused-ring (bicyclic) bond motifs is 4. The number of aromatic nitrogens is 1. The van der Waals surface area contributed by atoms with Gasteiger partial charge in [0.15, 0.2) is 0 Å². The van der Waals surface area contributed by atoms with Crippen LogP contribution in [0.25, 0.3) is 22.2 Å². The van der Waals surface area contributed by atoms with Crippen LogP contribution in [0.15, 0.2) is 48.5 Å². The van der Waals surface area contributed by atoms with E-state index in [4.69, 9.17) is 4.98 Å². The molecule has 2 aromatic carbocycles. The topological polar surface area (TPSA) is 56.6 Å². The van der Waals surface area contributed by atoms with Gasteiger partial charge in [0.25, 0.3) is 0 Å². The van der Waals surface area contributed by atoms with Crippen molar-refractivity contribution in [3.8, 4) is 17.0 Å². The van der Waals surface area contributed by atoms with Crippen molar-refractivity contribution in [1.29, 1.82) is 0 Å². The first-order valence-electron chi connectivity index (χ1n) is 10.8. The molecule has 5 heteroatoms. The molecule has 30 heavy (non-hydrogen) atoms. The molecule has 4 nitrogen and oxygen atoms in total. The van der Waals surface area contributed by atoms with E-state index in [0.29, 0.717) is 17.1 Å². The molecule has 2 N–H and O–H groups in total. The smallest absolute Gasteiger partial charge is 0.123 e. The van der Waals surface area contributed by atoms with Crippen LogP contribution in [0.1, 0.15) is 37.9 Å². The number of aliphatic hydroxyl groups is 1.